The summed E-state index contributed by atoms with van der Waals surface area (Å²) in [6, 6.07) is 2.98. The fraction of sp³-hybridized carbons (Fsp3) is 0.643. The maximum absolute atomic E-state index is 6.21. The summed E-state index contributed by atoms with van der Waals surface area (Å²) < 4.78 is 5.28. The van der Waals surface area contributed by atoms with Crippen molar-refractivity contribution in [2.24, 2.45) is 10.7 Å². The van der Waals surface area contributed by atoms with Crippen LogP contribution in [0.3, 0.4) is 0 Å². The quantitative estimate of drug-likeness (QED) is 0.682. The molecule has 5 heteroatoms. The Balaban J connectivity index is 1.66. The van der Waals surface area contributed by atoms with Gasteiger partial charge in [-0.15, -0.1) is 0 Å². The minimum absolute atomic E-state index is 0.355. The molecule has 1 atom stereocenters. The highest BCUT2D eigenvalue weighted by atomic mass is 32.1. The minimum Gasteiger partial charge on any atom is -0.381 e. The van der Waals surface area contributed by atoms with Gasteiger partial charge in [0.15, 0.2) is 5.96 Å². The lowest BCUT2D eigenvalue weighted by molar-refractivity contribution is 0.0281. The van der Waals surface area contributed by atoms with E-state index in [0.29, 0.717) is 24.1 Å². The van der Waals surface area contributed by atoms with E-state index in [2.05, 4.69) is 26.7 Å². The van der Waals surface area contributed by atoms with Crippen LogP contribution in [0.1, 0.15) is 37.3 Å². The zero-order valence-corrected chi connectivity index (χ0v) is 12.1. The third-order valence-electron chi connectivity index (χ3n) is 4.19. The lowest BCUT2D eigenvalue weighted by Gasteiger charge is -2.33. The monoisotopic (exact) mass is 279 g/mol. The molecule has 2 heterocycles. The summed E-state index contributed by atoms with van der Waals surface area (Å²) >= 11 is 1.75. The van der Waals surface area contributed by atoms with Crippen molar-refractivity contribution in [1.82, 2.24) is 4.90 Å². The van der Waals surface area contributed by atoms with Gasteiger partial charge in [-0.05, 0) is 48.1 Å². The van der Waals surface area contributed by atoms with Gasteiger partial charge in [-0.25, -0.2) is 4.99 Å². The third kappa shape index (κ3) is 2.62. The molecule has 1 aliphatic carbocycles. The van der Waals surface area contributed by atoms with Crippen LogP contribution in [0.5, 0.6) is 0 Å². The molecule has 0 radical (unpaired) electrons. The first-order valence-electron chi connectivity index (χ1n) is 6.92. The SMILES string of the molecule is COC1CC(N=C(N)N2CCCC2c2ccsc2)C1. The summed E-state index contributed by atoms with van der Waals surface area (Å²) in [5.41, 5.74) is 7.59. The number of rotatable bonds is 3. The number of nitrogens with two attached hydrogens (primary N) is 1. The molecule has 1 aliphatic heterocycles. The molecule has 19 heavy (non-hydrogen) atoms. The number of methoxy groups -OCH3 is 1. The summed E-state index contributed by atoms with van der Waals surface area (Å²) in [6.45, 7) is 1.02. The Hall–Kier alpha value is -1.07. The zero-order chi connectivity index (χ0) is 13.2. The number of thiophene rings is 1. The van der Waals surface area contributed by atoms with Crippen molar-refractivity contribution < 1.29 is 4.74 Å². The van der Waals surface area contributed by atoms with E-state index in [4.69, 9.17) is 10.5 Å². The number of likely N-dealkylation sites (tertiary alicyclic amines) is 1. The van der Waals surface area contributed by atoms with Gasteiger partial charge in [0.1, 0.15) is 0 Å². The number of aliphatic imine (C=N–C) groups is 1. The standard InChI is InChI=1S/C14H21N3OS/c1-18-12-7-11(8-12)16-14(15)17-5-2-3-13(17)10-4-6-19-9-10/h4,6,9,11-13H,2-3,5,7-8H2,1H3,(H2,15,16). The van der Waals surface area contributed by atoms with Crippen LogP contribution >= 0.6 is 11.3 Å². The van der Waals surface area contributed by atoms with E-state index >= 15 is 0 Å². The van der Waals surface area contributed by atoms with E-state index < -0.39 is 0 Å². The Morgan fingerprint density at radius 1 is 1.53 bits per heavy atom. The summed E-state index contributed by atoms with van der Waals surface area (Å²) in [5, 5.41) is 4.36. The summed E-state index contributed by atoms with van der Waals surface area (Å²) in [7, 11) is 1.76. The van der Waals surface area contributed by atoms with Gasteiger partial charge in [0, 0.05) is 13.7 Å². The smallest absolute Gasteiger partial charge is 0.192 e. The molecule has 0 amide bonds. The van der Waals surface area contributed by atoms with Crippen molar-refractivity contribution in [3.05, 3.63) is 22.4 Å². The van der Waals surface area contributed by atoms with Crippen LogP contribution in [0.25, 0.3) is 0 Å². The number of nitrogens with zero attached hydrogens (tertiary/aromatic N) is 2. The highest BCUT2D eigenvalue weighted by Gasteiger charge is 2.32. The van der Waals surface area contributed by atoms with Crippen LogP contribution in [-0.4, -0.2) is 36.7 Å². The fourth-order valence-corrected chi connectivity index (χ4v) is 3.66. The normalized spacial score (nSPS) is 31.5. The largest absolute Gasteiger partial charge is 0.381 e. The van der Waals surface area contributed by atoms with E-state index in [9.17, 15) is 0 Å². The molecule has 1 aromatic heterocycles. The predicted molar refractivity (Wildman–Crippen MR) is 78.4 cm³/mol. The number of guanidine groups is 1. The molecular formula is C14H21N3OS. The Kier molecular flexibility index (Phi) is 3.75. The van der Waals surface area contributed by atoms with Crippen molar-refractivity contribution in [2.45, 2.75) is 43.9 Å². The molecule has 3 rings (SSSR count). The molecule has 4 nitrogen and oxygen atoms in total. The van der Waals surface area contributed by atoms with Crippen LogP contribution in [0.2, 0.25) is 0 Å². The molecule has 1 saturated carbocycles. The molecule has 0 aromatic carbocycles. The molecule has 1 unspecified atom stereocenters. The highest BCUT2D eigenvalue weighted by molar-refractivity contribution is 7.07. The number of hydrogen-bond acceptors (Lipinski definition) is 3. The Morgan fingerprint density at radius 3 is 3.05 bits per heavy atom. The second-order valence-electron chi connectivity index (χ2n) is 5.38. The van der Waals surface area contributed by atoms with Crippen LogP contribution in [-0.2, 0) is 4.74 Å². The second kappa shape index (κ2) is 5.51. The van der Waals surface area contributed by atoms with Crippen LogP contribution in [0, 0.1) is 0 Å². The van der Waals surface area contributed by atoms with Gasteiger partial charge in [0.2, 0.25) is 0 Å². The lowest BCUT2D eigenvalue weighted by atomic mass is 9.90. The van der Waals surface area contributed by atoms with Crippen molar-refractivity contribution >= 4 is 17.3 Å². The number of ether oxygens (including phenoxy) is 1. The van der Waals surface area contributed by atoms with Gasteiger partial charge in [-0.2, -0.15) is 11.3 Å². The van der Waals surface area contributed by atoms with Crippen LogP contribution in [0.4, 0.5) is 0 Å². The van der Waals surface area contributed by atoms with E-state index in [0.717, 1.165) is 19.4 Å². The van der Waals surface area contributed by atoms with Gasteiger partial charge in [-0.3, -0.25) is 0 Å². The molecule has 2 aliphatic rings. The molecule has 1 aromatic rings. The molecule has 0 spiro atoms. The Bertz CT molecular complexity index is 440. The first-order chi connectivity index (χ1) is 9.28. The van der Waals surface area contributed by atoms with Crippen LogP contribution in [0.15, 0.2) is 21.8 Å². The van der Waals surface area contributed by atoms with Crippen molar-refractivity contribution in [3.63, 3.8) is 0 Å². The van der Waals surface area contributed by atoms with E-state index in [-0.39, 0.29) is 0 Å². The molecule has 2 fully saturated rings. The van der Waals surface area contributed by atoms with Gasteiger partial charge >= 0.3 is 0 Å². The first-order valence-corrected chi connectivity index (χ1v) is 7.87. The van der Waals surface area contributed by atoms with Crippen molar-refractivity contribution in [3.8, 4) is 0 Å². The third-order valence-corrected chi connectivity index (χ3v) is 4.89. The van der Waals surface area contributed by atoms with Gasteiger partial charge in [0.05, 0.1) is 18.2 Å². The summed E-state index contributed by atoms with van der Waals surface area (Å²) in [5.74, 6) is 0.716. The van der Waals surface area contributed by atoms with E-state index in [1.54, 1.807) is 18.4 Å². The number of hydrogen-bond donors (Lipinski definition) is 1. The highest BCUT2D eigenvalue weighted by Crippen LogP contribution is 2.33. The fourth-order valence-electron chi connectivity index (χ4n) is 2.95. The molecule has 104 valence electrons. The molecular weight excluding hydrogens is 258 g/mol. The summed E-state index contributed by atoms with van der Waals surface area (Å²) in [4.78, 5) is 6.93. The van der Waals surface area contributed by atoms with Crippen molar-refractivity contribution in [2.75, 3.05) is 13.7 Å². The lowest BCUT2D eigenvalue weighted by Crippen LogP contribution is -2.41. The van der Waals surface area contributed by atoms with Crippen molar-refractivity contribution in [1.29, 1.82) is 0 Å². The van der Waals surface area contributed by atoms with Gasteiger partial charge in [0.25, 0.3) is 0 Å². The molecule has 1 saturated heterocycles. The average molecular weight is 279 g/mol. The first kappa shape index (κ1) is 12.9. The van der Waals surface area contributed by atoms with E-state index in [1.807, 2.05) is 0 Å². The van der Waals surface area contributed by atoms with Gasteiger partial charge < -0.3 is 15.4 Å². The second-order valence-corrected chi connectivity index (χ2v) is 6.16. The Labute approximate surface area is 118 Å². The topological polar surface area (TPSA) is 50.9 Å². The van der Waals surface area contributed by atoms with Gasteiger partial charge in [-0.1, -0.05) is 0 Å². The van der Waals surface area contributed by atoms with E-state index in [1.165, 1.54) is 18.4 Å². The zero-order valence-electron chi connectivity index (χ0n) is 11.3. The summed E-state index contributed by atoms with van der Waals surface area (Å²) in [6.07, 6.45) is 4.77. The predicted octanol–water partition coefficient (Wildman–Crippen LogP) is 2.38. The molecule has 2 N–H and O–H groups in total. The maximum atomic E-state index is 6.21. The average Bonchev–Trinajstić information content (AvgIpc) is 3.01. The van der Waals surface area contributed by atoms with Crippen LogP contribution < -0.4 is 5.73 Å². The minimum atomic E-state index is 0.355. The maximum Gasteiger partial charge on any atom is 0.192 e. The Morgan fingerprint density at radius 2 is 2.37 bits per heavy atom. The molecule has 0 bridgehead atoms.